The van der Waals surface area contributed by atoms with Crippen molar-refractivity contribution in [3.05, 3.63) is 11.0 Å². The summed E-state index contributed by atoms with van der Waals surface area (Å²) in [5, 5.41) is 0.0779. The number of halogens is 3. The van der Waals surface area contributed by atoms with E-state index in [1.807, 2.05) is 0 Å². The summed E-state index contributed by atoms with van der Waals surface area (Å²) in [6.07, 6.45) is 2.18. The molecule has 3 fully saturated rings. The Labute approximate surface area is 188 Å². The first-order chi connectivity index (χ1) is 15.5. The number of fused-ring (bicyclic) bond motifs is 3. The molecule has 8 nitrogen and oxygen atoms in total. The topological polar surface area (TPSA) is 72.8 Å². The second-order valence-corrected chi connectivity index (χ2v) is 9.36. The van der Waals surface area contributed by atoms with E-state index >= 15 is 4.39 Å². The van der Waals surface area contributed by atoms with Gasteiger partial charge in [0.1, 0.15) is 36.1 Å². The summed E-state index contributed by atoms with van der Waals surface area (Å²) >= 11 is 6.05. The van der Waals surface area contributed by atoms with Crippen molar-refractivity contribution in [2.24, 2.45) is 0 Å². The first-order valence-corrected chi connectivity index (χ1v) is 11.5. The van der Waals surface area contributed by atoms with Gasteiger partial charge in [0.2, 0.25) is 5.88 Å². The third-order valence-corrected chi connectivity index (χ3v) is 7.35. The lowest BCUT2D eigenvalue weighted by Gasteiger charge is -2.31. The quantitative estimate of drug-likeness (QED) is 0.638. The molecule has 3 atom stereocenters. The third-order valence-electron chi connectivity index (χ3n) is 7.10. The van der Waals surface area contributed by atoms with Gasteiger partial charge in [0, 0.05) is 26.1 Å². The average molecular weight is 468 g/mol. The van der Waals surface area contributed by atoms with Gasteiger partial charge in [-0.15, -0.1) is 0 Å². The van der Waals surface area contributed by atoms with Crippen LogP contribution in [0.1, 0.15) is 25.7 Å². The van der Waals surface area contributed by atoms with Gasteiger partial charge < -0.3 is 19.1 Å². The SMILES string of the molecule is Fc1c(Cl)nc2c3c(nc(OC[C@@]45CCCN4C[C@H](F)C5)nc13)N1CCOCCC1CO2. The predicted octanol–water partition coefficient (Wildman–Crippen LogP) is 2.76. The maximum Gasteiger partial charge on any atom is 0.319 e. The summed E-state index contributed by atoms with van der Waals surface area (Å²) < 4.78 is 46.8. The van der Waals surface area contributed by atoms with E-state index in [-0.39, 0.29) is 40.7 Å². The molecule has 0 amide bonds. The summed E-state index contributed by atoms with van der Waals surface area (Å²) in [5.41, 5.74) is -0.338. The summed E-state index contributed by atoms with van der Waals surface area (Å²) in [6, 6.07) is 0.0412. The molecule has 0 saturated carbocycles. The Morgan fingerprint density at radius 2 is 2.12 bits per heavy atom. The Bertz CT molecular complexity index is 1060. The van der Waals surface area contributed by atoms with Crippen LogP contribution in [0.3, 0.4) is 0 Å². The molecular formula is C21H24ClF2N5O3. The van der Waals surface area contributed by atoms with Crippen molar-refractivity contribution in [1.29, 1.82) is 0 Å². The monoisotopic (exact) mass is 467 g/mol. The molecule has 32 heavy (non-hydrogen) atoms. The van der Waals surface area contributed by atoms with Crippen molar-refractivity contribution in [1.82, 2.24) is 19.9 Å². The normalized spacial score (nSPS) is 29.9. The van der Waals surface area contributed by atoms with E-state index in [9.17, 15) is 4.39 Å². The second-order valence-electron chi connectivity index (χ2n) is 9.00. The van der Waals surface area contributed by atoms with Gasteiger partial charge in [0.05, 0.1) is 18.2 Å². The van der Waals surface area contributed by atoms with Crippen LogP contribution >= 0.6 is 11.6 Å². The van der Waals surface area contributed by atoms with E-state index in [1.54, 1.807) is 0 Å². The molecule has 11 heteroatoms. The van der Waals surface area contributed by atoms with Crippen molar-refractivity contribution in [3.63, 3.8) is 0 Å². The molecule has 0 aromatic carbocycles. The predicted molar refractivity (Wildman–Crippen MR) is 113 cm³/mol. The number of ether oxygens (including phenoxy) is 3. The third kappa shape index (κ3) is 3.26. The zero-order valence-electron chi connectivity index (χ0n) is 17.5. The highest BCUT2D eigenvalue weighted by atomic mass is 35.5. The molecule has 1 unspecified atom stereocenters. The lowest BCUT2D eigenvalue weighted by atomic mass is 9.95. The summed E-state index contributed by atoms with van der Waals surface area (Å²) in [7, 11) is 0. The summed E-state index contributed by atoms with van der Waals surface area (Å²) in [4.78, 5) is 17.3. The Kier molecular flexibility index (Phi) is 5.00. The van der Waals surface area contributed by atoms with Crippen LogP contribution in [-0.2, 0) is 4.74 Å². The highest BCUT2D eigenvalue weighted by Crippen LogP contribution is 2.42. The van der Waals surface area contributed by atoms with Crippen LogP contribution in [0.2, 0.25) is 5.15 Å². The van der Waals surface area contributed by atoms with Gasteiger partial charge in [-0.2, -0.15) is 15.0 Å². The number of anilines is 1. The minimum atomic E-state index is -0.860. The van der Waals surface area contributed by atoms with Gasteiger partial charge in [-0.3, -0.25) is 4.90 Å². The van der Waals surface area contributed by atoms with Gasteiger partial charge in [-0.25, -0.2) is 8.78 Å². The molecular weight excluding hydrogens is 444 g/mol. The van der Waals surface area contributed by atoms with Crippen LogP contribution < -0.4 is 14.4 Å². The van der Waals surface area contributed by atoms with Crippen LogP contribution in [0.4, 0.5) is 14.6 Å². The lowest BCUT2D eigenvalue weighted by molar-refractivity contribution is 0.107. The lowest BCUT2D eigenvalue weighted by Crippen LogP contribution is -2.43. The molecule has 0 N–H and O–H groups in total. The van der Waals surface area contributed by atoms with Gasteiger partial charge in [0.15, 0.2) is 11.0 Å². The molecule has 2 aromatic rings. The largest absolute Gasteiger partial charge is 0.475 e. The highest BCUT2D eigenvalue weighted by molar-refractivity contribution is 6.30. The number of hydrogen-bond donors (Lipinski definition) is 0. The number of rotatable bonds is 3. The van der Waals surface area contributed by atoms with E-state index in [0.717, 1.165) is 25.8 Å². The smallest absolute Gasteiger partial charge is 0.319 e. The van der Waals surface area contributed by atoms with E-state index in [2.05, 4.69) is 24.8 Å². The second kappa shape index (κ2) is 7.78. The molecule has 6 heterocycles. The molecule has 0 aliphatic carbocycles. The molecule has 4 aliphatic heterocycles. The van der Waals surface area contributed by atoms with Crippen molar-refractivity contribution in [3.8, 4) is 11.9 Å². The van der Waals surface area contributed by atoms with Crippen LogP contribution in [-0.4, -0.2) is 83.7 Å². The Morgan fingerprint density at radius 1 is 1.22 bits per heavy atom. The van der Waals surface area contributed by atoms with Crippen molar-refractivity contribution >= 4 is 28.3 Å². The summed E-state index contributed by atoms with van der Waals surface area (Å²) in [6.45, 7) is 3.60. The minimum Gasteiger partial charge on any atom is -0.475 e. The Morgan fingerprint density at radius 3 is 3.03 bits per heavy atom. The molecule has 0 radical (unpaired) electrons. The fourth-order valence-corrected chi connectivity index (χ4v) is 5.72. The Balaban J connectivity index is 1.42. The standard InChI is InChI=1S/C21H24ClF2N5O3/c22-17-15(24)16-14-18(29-5-7-30-6-2-13(29)10-31-19(14)26-17)27-20(25-16)32-11-21-3-1-4-28(21)9-12(23)8-21/h12-13H,1-11H2/t12-,13?,21+/m1/s1. The van der Waals surface area contributed by atoms with Crippen molar-refractivity contribution in [2.45, 2.75) is 43.4 Å². The van der Waals surface area contributed by atoms with Crippen molar-refractivity contribution < 1.29 is 23.0 Å². The maximum absolute atomic E-state index is 15.0. The molecule has 3 saturated heterocycles. The fraction of sp³-hybridized carbons (Fsp3) is 0.667. The van der Waals surface area contributed by atoms with Gasteiger partial charge in [0.25, 0.3) is 0 Å². The van der Waals surface area contributed by atoms with E-state index in [1.165, 1.54) is 0 Å². The van der Waals surface area contributed by atoms with E-state index in [4.69, 9.17) is 25.8 Å². The molecule has 4 aliphatic rings. The first-order valence-electron chi connectivity index (χ1n) is 11.1. The molecule has 172 valence electrons. The summed E-state index contributed by atoms with van der Waals surface area (Å²) in [5.74, 6) is -0.0115. The highest BCUT2D eigenvalue weighted by Gasteiger charge is 2.49. The first kappa shape index (κ1) is 20.6. The van der Waals surface area contributed by atoms with Crippen molar-refractivity contribution in [2.75, 3.05) is 51.0 Å². The number of hydrogen-bond acceptors (Lipinski definition) is 8. The van der Waals surface area contributed by atoms with Gasteiger partial charge in [-0.05, 0) is 25.8 Å². The molecule has 0 bridgehead atoms. The fourth-order valence-electron chi connectivity index (χ4n) is 5.55. The maximum atomic E-state index is 15.0. The van der Waals surface area contributed by atoms with E-state index in [0.29, 0.717) is 50.5 Å². The minimum absolute atomic E-state index is 0.00877. The van der Waals surface area contributed by atoms with Crippen LogP contribution in [0, 0.1) is 5.82 Å². The number of pyridine rings is 1. The van der Waals surface area contributed by atoms with Gasteiger partial charge in [-0.1, -0.05) is 11.6 Å². The van der Waals surface area contributed by atoms with Crippen LogP contribution in [0.5, 0.6) is 11.9 Å². The Hall–Kier alpha value is -2.04. The number of nitrogens with zero attached hydrogens (tertiary/aromatic N) is 5. The van der Waals surface area contributed by atoms with Gasteiger partial charge >= 0.3 is 6.01 Å². The average Bonchev–Trinajstić information content (AvgIpc) is 3.12. The van der Waals surface area contributed by atoms with Crippen LogP contribution in [0.25, 0.3) is 10.9 Å². The number of aromatic nitrogens is 3. The molecule has 0 spiro atoms. The molecule has 6 rings (SSSR count). The molecule has 2 aromatic heterocycles. The zero-order chi connectivity index (χ0) is 21.9. The zero-order valence-corrected chi connectivity index (χ0v) is 18.3. The van der Waals surface area contributed by atoms with Crippen LogP contribution in [0.15, 0.2) is 0 Å². The van der Waals surface area contributed by atoms with E-state index < -0.39 is 12.0 Å². The number of alkyl halides is 1.